The molecular formula is C21H24F3N3O2S. The molecule has 1 fully saturated rings. The highest BCUT2D eigenvalue weighted by Crippen LogP contribution is 2.33. The molecule has 3 rings (SSSR count). The van der Waals surface area contributed by atoms with Crippen LogP contribution in [0, 0.1) is 11.3 Å². The first-order valence-corrected chi connectivity index (χ1v) is 10.6. The van der Waals surface area contributed by atoms with Crippen LogP contribution in [0.2, 0.25) is 0 Å². The Morgan fingerprint density at radius 3 is 2.43 bits per heavy atom. The largest absolute Gasteiger partial charge is 0.416 e. The van der Waals surface area contributed by atoms with Gasteiger partial charge in [0, 0.05) is 35.4 Å². The van der Waals surface area contributed by atoms with E-state index in [1.807, 2.05) is 20.8 Å². The number of hydrogen-bond donors (Lipinski definition) is 1. The SMILES string of the molecule is CC(C)(C)C(=O)N1CCC(C(=O)Nc2nc(-c3cccc(C(F)(F)F)c3)cs2)CC1. The van der Waals surface area contributed by atoms with Gasteiger partial charge in [0.25, 0.3) is 0 Å². The lowest BCUT2D eigenvalue weighted by atomic mass is 9.91. The lowest BCUT2D eigenvalue weighted by molar-refractivity contribution is -0.142. The molecule has 1 aromatic heterocycles. The average molecular weight is 440 g/mol. The first-order chi connectivity index (χ1) is 13.9. The number of alkyl halides is 3. The number of hydrogen-bond acceptors (Lipinski definition) is 4. The molecule has 1 aromatic carbocycles. The van der Waals surface area contributed by atoms with Crippen LogP contribution in [0.1, 0.15) is 39.2 Å². The van der Waals surface area contributed by atoms with Crippen molar-refractivity contribution in [3.8, 4) is 11.3 Å². The van der Waals surface area contributed by atoms with E-state index in [4.69, 9.17) is 0 Å². The molecule has 1 aliphatic heterocycles. The van der Waals surface area contributed by atoms with Crippen molar-refractivity contribution in [3.63, 3.8) is 0 Å². The van der Waals surface area contributed by atoms with Crippen molar-refractivity contribution in [2.75, 3.05) is 18.4 Å². The molecular weight excluding hydrogens is 415 g/mol. The maximum Gasteiger partial charge on any atom is 0.416 e. The second-order valence-electron chi connectivity index (χ2n) is 8.42. The Kier molecular flexibility index (Phi) is 6.21. The first kappa shape index (κ1) is 22.3. The third-order valence-electron chi connectivity index (χ3n) is 5.01. The van der Waals surface area contributed by atoms with E-state index < -0.39 is 17.2 Å². The standard InChI is InChI=1S/C21H24F3N3O2S/c1-20(2,3)18(29)27-9-7-13(8-10-27)17(28)26-19-25-16(12-30-19)14-5-4-6-15(11-14)21(22,23)24/h4-6,11-13H,7-10H2,1-3H3,(H,25,26,28). The fourth-order valence-electron chi connectivity index (χ4n) is 3.35. The van der Waals surface area contributed by atoms with E-state index in [2.05, 4.69) is 10.3 Å². The van der Waals surface area contributed by atoms with Crippen LogP contribution in [0.3, 0.4) is 0 Å². The zero-order valence-corrected chi connectivity index (χ0v) is 17.9. The Morgan fingerprint density at radius 2 is 1.83 bits per heavy atom. The summed E-state index contributed by atoms with van der Waals surface area (Å²) >= 11 is 1.17. The number of rotatable bonds is 3. The Hall–Kier alpha value is -2.42. The summed E-state index contributed by atoms with van der Waals surface area (Å²) in [6.45, 7) is 6.68. The average Bonchev–Trinajstić information content (AvgIpc) is 3.15. The molecule has 0 saturated carbocycles. The Bertz CT molecular complexity index is 926. The van der Waals surface area contributed by atoms with E-state index >= 15 is 0 Å². The van der Waals surface area contributed by atoms with Crippen molar-refractivity contribution < 1.29 is 22.8 Å². The highest BCUT2D eigenvalue weighted by atomic mass is 32.1. The summed E-state index contributed by atoms with van der Waals surface area (Å²) in [5, 5.41) is 4.73. The molecule has 30 heavy (non-hydrogen) atoms. The van der Waals surface area contributed by atoms with E-state index in [-0.39, 0.29) is 17.7 Å². The zero-order valence-electron chi connectivity index (χ0n) is 17.0. The molecule has 2 aromatic rings. The van der Waals surface area contributed by atoms with Crippen molar-refractivity contribution in [2.45, 2.75) is 39.8 Å². The highest BCUT2D eigenvalue weighted by molar-refractivity contribution is 7.14. The van der Waals surface area contributed by atoms with E-state index in [9.17, 15) is 22.8 Å². The van der Waals surface area contributed by atoms with E-state index in [1.165, 1.54) is 17.4 Å². The van der Waals surface area contributed by atoms with Crippen molar-refractivity contribution >= 4 is 28.3 Å². The number of thiazole rings is 1. The topological polar surface area (TPSA) is 62.3 Å². The molecule has 1 aliphatic rings. The van der Waals surface area contributed by atoms with Gasteiger partial charge in [-0.25, -0.2) is 4.98 Å². The molecule has 0 aliphatic carbocycles. The van der Waals surface area contributed by atoms with Crippen LogP contribution >= 0.6 is 11.3 Å². The summed E-state index contributed by atoms with van der Waals surface area (Å²) in [4.78, 5) is 31.0. The van der Waals surface area contributed by atoms with E-state index in [0.717, 1.165) is 12.1 Å². The second-order valence-corrected chi connectivity index (χ2v) is 9.28. The third-order valence-corrected chi connectivity index (χ3v) is 5.77. The van der Waals surface area contributed by atoms with Gasteiger partial charge in [0.1, 0.15) is 0 Å². The summed E-state index contributed by atoms with van der Waals surface area (Å²) in [6.07, 6.45) is -3.29. The van der Waals surface area contributed by atoms with Gasteiger partial charge in [-0.1, -0.05) is 32.9 Å². The number of nitrogens with zero attached hydrogens (tertiary/aromatic N) is 2. The molecule has 0 bridgehead atoms. The molecule has 0 spiro atoms. The van der Waals surface area contributed by atoms with Crippen molar-refractivity contribution in [1.82, 2.24) is 9.88 Å². The van der Waals surface area contributed by atoms with Gasteiger partial charge in [-0.3, -0.25) is 9.59 Å². The van der Waals surface area contributed by atoms with E-state index in [0.29, 0.717) is 42.3 Å². The number of amides is 2. The number of piperidine rings is 1. The first-order valence-electron chi connectivity index (χ1n) is 9.68. The lowest BCUT2D eigenvalue weighted by Crippen LogP contribution is -2.45. The number of carbonyl (C=O) groups is 2. The fourth-order valence-corrected chi connectivity index (χ4v) is 4.07. The summed E-state index contributed by atoms with van der Waals surface area (Å²) in [5.74, 6) is -0.329. The number of carbonyl (C=O) groups excluding carboxylic acids is 2. The van der Waals surface area contributed by atoms with E-state index in [1.54, 1.807) is 16.3 Å². The van der Waals surface area contributed by atoms with Crippen LogP contribution in [0.25, 0.3) is 11.3 Å². The minimum Gasteiger partial charge on any atom is -0.342 e. The summed E-state index contributed by atoms with van der Waals surface area (Å²) in [7, 11) is 0. The van der Waals surface area contributed by atoms with Gasteiger partial charge < -0.3 is 10.2 Å². The molecule has 2 heterocycles. The van der Waals surface area contributed by atoms with Crippen molar-refractivity contribution in [1.29, 1.82) is 0 Å². The lowest BCUT2D eigenvalue weighted by Gasteiger charge is -2.35. The van der Waals surface area contributed by atoms with Gasteiger partial charge in [0.15, 0.2) is 5.13 Å². The van der Waals surface area contributed by atoms with Crippen LogP contribution in [0.15, 0.2) is 29.6 Å². The van der Waals surface area contributed by atoms with Gasteiger partial charge in [-0.05, 0) is 25.0 Å². The zero-order chi connectivity index (χ0) is 22.1. The fraction of sp³-hybridized carbons (Fsp3) is 0.476. The molecule has 2 amide bonds. The Balaban J connectivity index is 1.61. The van der Waals surface area contributed by atoms with Crippen molar-refractivity contribution in [2.24, 2.45) is 11.3 Å². The Morgan fingerprint density at radius 1 is 1.17 bits per heavy atom. The minimum absolute atomic E-state index is 0.0759. The molecule has 0 unspecified atom stereocenters. The van der Waals surface area contributed by atoms with Gasteiger partial charge in [0.2, 0.25) is 11.8 Å². The van der Waals surface area contributed by atoms with Crippen LogP contribution in [0.4, 0.5) is 18.3 Å². The van der Waals surface area contributed by atoms with Gasteiger partial charge in [0.05, 0.1) is 11.3 Å². The molecule has 0 radical (unpaired) electrons. The van der Waals surface area contributed by atoms with Crippen LogP contribution in [-0.2, 0) is 15.8 Å². The predicted molar refractivity (Wildman–Crippen MR) is 110 cm³/mol. The number of likely N-dealkylation sites (tertiary alicyclic amines) is 1. The van der Waals surface area contributed by atoms with Crippen LogP contribution in [-0.4, -0.2) is 34.8 Å². The minimum atomic E-state index is -4.42. The Labute approximate surface area is 177 Å². The summed E-state index contributed by atoms with van der Waals surface area (Å²) < 4.78 is 38.7. The molecule has 0 atom stereocenters. The normalized spacial score (nSPS) is 15.9. The molecule has 1 N–H and O–H groups in total. The van der Waals surface area contributed by atoms with Gasteiger partial charge >= 0.3 is 6.18 Å². The van der Waals surface area contributed by atoms with Gasteiger partial charge in [-0.2, -0.15) is 13.2 Å². The highest BCUT2D eigenvalue weighted by Gasteiger charge is 2.33. The summed E-state index contributed by atoms with van der Waals surface area (Å²) in [6, 6.07) is 4.94. The molecule has 9 heteroatoms. The van der Waals surface area contributed by atoms with Crippen molar-refractivity contribution in [3.05, 3.63) is 35.2 Å². The van der Waals surface area contributed by atoms with Gasteiger partial charge in [-0.15, -0.1) is 11.3 Å². The maximum atomic E-state index is 12.9. The maximum absolute atomic E-state index is 12.9. The quantitative estimate of drug-likeness (QED) is 0.728. The number of anilines is 1. The summed E-state index contributed by atoms with van der Waals surface area (Å²) in [5.41, 5.74) is -0.465. The second kappa shape index (κ2) is 8.37. The molecule has 5 nitrogen and oxygen atoms in total. The monoisotopic (exact) mass is 439 g/mol. The number of benzene rings is 1. The molecule has 1 saturated heterocycles. The van der Waals surface area contributed by atoms with Crippen LogP contribution in [0.5, 0.6) is 0 Å². The predicted octanol–water partition coefficient (Wildman–Crippen LogP) is 5.05. The van der Waals surface area contributed by atoms with Crippen LogP contribution < -0.4 is 5.32 Å². The number of halogens is 3. The molecule has 162 valence electrons. The third kappa shape index (κ3) is 5.19. The number of nitrogens with one attached hydrogen (secondary N) is 1. The number of aromatic nitrogens is 1. The smallest absolute Gasteiger partial charge is 0.342 e.